The van der Waals surface area contributed by atoms with Crippen LogP contribution in [-0.2, 0) is 6.54 Å². The number of halogens is 1. The first-order valence-corrected chi connectivity index (χ1v) is 5.08. The molecule has 2 aromatic rings. The Morgan fingerprint density at radius 1 is 1.47 bits per heavy atom. The lowest BCUT2D eigenvalue weighted by Crippen LogP contribution is -2.12. The molecule has 2 aromatic heterocycles. The Kier molecular flexibility index (Phi) is 3.08. The number of nitrogens with one attached hydrogen (secondary N) is 1. The van der Waals surface area contributed by atoms with Crippen molar-refractivity contribution in [2.24, 2.45) is 0 Å². The molecule has 4 nitrogen and oxygen atoms in total. The summed E-state index contributed by atoms with van der Waals surface area (Å²) in [4.78, 5) is 4.11. The molecule has 0 amide bonds. The van der Waals surface area contributed by atoms with E-state index in [4.69, 9.17) is 20.4 Å². The number of rotatable bonds is 4. The van der Waals surface area contributed by atoms with Gasteiger partial charge in [-0.05, 0) is 30.3 Å². The molecular weight excluding hydrogens is 216 g/mol. The summed E-state index contributed by atoms with van der Waals surface area (Å²) >= 11 is 5.69. The van der Waals surface area contributed by atoms with Gasteiger partial charge in [0.15, 0.2) is 23.1 Å². The molecule has 0 unspecified atom stereocenters. The van der Waals surface area contributed by atoms with E-state index < -0.39 is 0 Å². The van der Waals surface area contributed by atoms with Gasteiger partial charge in [-0.25, -0.2) is 4.98 Å². The van der Waals surface area contributed by atoms with Crippen LogP contribution in [0.15, 0.2) is 27.4 Å². The van der Waals surface area contributed by atoms with Crippen molar-refractivity contribution in [3.05, 3.63) is 29.4 Å². The van der Waals surface area contributed by atoms with Crippen LogP contribution in [0.3, 0.4) is 0 Å². The molecule has 1 N–H and O–H groups in total. The molecule has 15 heavy (non-hydrogen) atoms. The Bertz CT molecular complexity index is 436. The fourth-order valence-electron chi connectivity index (χ4n) is 1.28. The number of aromatic nitrogens is 1. The van der Waals surface area contributed by atoms with Gasteiger partial charge < -0.3 is 14.2 Å². The highest BCUT2D eigenvalue weighted by Crippen LogP contribution is 2.27. The molecule has 0 spiro atoms. The minimum absolute atomic E-state index is 0.343. The molecular formula is C10H11ClN2O2. The first-order valence-electron chi connectivity index (χ1n) is 4.70. The van der Waals surface area contributed by atoms with Gasteiger partial charge in [-0.2, -0.15) is 0 Å². The van der Waals surface area contributed by atoms with Gasteiger partial charge in [0.25, 0.3) is 0 Å². The number of oxazole rings is 1. The lowest BCUT2D eigenvalue weighted by atomic mass is 10.3. The van der Waals surface area contributed by atoms with Crippen molar-refractivity contribution in [3.63, 3.8) is 0 Å². The van der Waals surface area contributed by atoms with Crippen molar-refractivity contribution in [2.45, 2.75) is 13.5 Å². The van der Waals surface area contributed by atoms with Gasteiger partial charge in [-0.1, -0.05) is 6.92 Å². The van der Waals surface area contributed by atoms with Gasteiger partial charge in [0.05, 0.1) is 0 Å². The Labute approximate surface area is 92.2 Å². The number of hydrogen-bond acceptors (Lipinski definition) is 4. The smallest absolute Gasteiger partial charge is 0.194 e. The van der Waals surface area contributed by atoms with E-state index >= 15 is 0 Å². The predicted molar refractivity (Wildman–Crippen MR) is 56.6 cm³/mol. The van der Waals surface area contributed by atoms with Gasteiger partial charge in [0.2, 0.25) is 0 Å². The number of nitrogens with zero attached hydrogens (tertiary/aromatic N) is 1. The van der Waals surface area contributed by atoms with E-state index in [1.54, 1.807) is 12.1 Å². The number of furan rings is 1. The second-order valence-corrected chi connectivity index (χ2v) is 3.38. The van der Waals surface area contributed by atoms with E-state index in [1.807, 2.05) is 6.92 Å². The molecule has 0 bridgehead atoms. The molecule has 0 fully saturated rings. The van der Waals surface area contributed by atoms with Gasteiger partial charge in [-0.3, -0.25) is 0 Å². The quantitative estimate of drug-likeness (QED) is 0.871. The van der Waals surface area contributed by atoms with Crippen molar-refractivity contribution in [2.75, 3.05) is 6.54 Å². The lowest BCUT2D eigenvalue weighted by Gasteiger charge is -1.98. The average Bonchev–Trinajstić information content (AvgIpc) is 2.82. The maximum absolute atomic E-state index is 5.69. The van der Waals surface area contributed by atoms with Crippen LogP contribution < -0.4 is 5.32 Å². The van der Waals surface area contributed by atoms with E-state index in [0.717, 1.165) is 12.2 Å². The monoisotopic (exact) mass is 226 g/mol. The fourth-order valence-corrected chi connectivity index (χ4v) is 1.42. The zero-order chi connectivity index (χ0) is 10.7. The van der Waals surface area contributed by atoms with Crippen LogP contribution in [0.4, 0.5) is 0 Å². The van der Waals surface area contributed by atoms with E-state index in [1.165, 1.54) is 6.39 Å². The van der Waals surface area contributed by atoms with Crippen LogP contribution >= 0.6 is 11.6 Å². The summed E-state index contributed by atoms with van der Waals surface area (Å²) in [5.41, 5.74) is 0.822. The summed E-state index contributed by atoms with van der Waals surface area (Å²) < 4.78 is 10.5. The molecule has 0 saturated carbocycles. The van der Waals surface area contributed by atoms with Crippen LogP contribution in [0.2, 0.25) is 5.22 Å². The predicted octanol–water partition coefficient (Wildman–Crippen LogP) is 2.70. The molecule has 0 radical (unpaired) electrons. The minimum Gasteiger partial charge on any atom is -0.441 e. The van der Waals surface area contributed by atoms with Crippen LogP contribution in [0.5, 0.6) is 0 Å². The maximum atomic E-state index is 5.69. The second-order valence-electron chi connectivity index (χ2n) is 3.01. The summed E-state index contributed by atoms with van der Waals surface area (Å²) in [6.07, 6.45) is 1.40. The van der Waals surface area contributed by atoms with Gasteiger partial charge in [-0.15, -0.1) is 0 Å². The Morgan fingerprint density at radius 2 is 2.33 bits per heavy atom. The maximum Gasteiger partial charge on any atom is 0.194 e. The van der Waals surface area contributed by atoms with Crippen LogP contribution in [-0.4, -0.2) is 11.5 Å². The molecule has 2 heterocycles. The molecule has 0 saturated heterocycles. The summed E-state index contributed by atoms with van der Waals surface area (Å²) in [5.74, 6) is 1.23. The minimum atomic E-state index is 0.343. The van der Waals surface area contributed by atoms with E-state index in [2.05, 4.69) is 10.3 Å². The largest absolute Gasteiger partial charge is 0.441 e. The van der Waals surface area contributed by atoms with Crippen LogP contribution in [0, 0.1) is 0 Å². The third-order valence-electron chi connectivity index (χ3n) is 1.98. The van der Waals surface area contributed by atoms with E-state index in [9.17, 15) is 0 Å². The van der Waals surface area contributed by atoms with E-state index in [-0.39, 0.29) is 0 Å². The van der Waals surface area contributed by atoms with Crippen molar-refractivity contribution in [1.29, 1.82) is 0 Å². The zero-order valence-electron chi connectivity index (χ0n) is 8.29. The third-order valence-corrected chi connectivity index (χ3v) is 2.18. The Morgan fingerprint density at radius 3 is 3.00 bits per heavy atom. The molecule has 0 aliphatic heterocycles. The van der Waals surface area contributed by atoms with Gasteiger partial charge in [0, 0.05) is 6.54 Å². The third kappa shape index (κ3) is 2.22. The molecule has 80 valence electrons. The Hall–Kier alpha value is -1.26. The zero-order valence-corrected chi connectivity index (χ0v) is 9.04. The summed E-state index contributed by atoms with van der Waals surface area (Å²) in [5, 5.41) is 3.51. The summed E-state index contributed by atoms with van der Waals surface area (Å²) in [6.45, 7) is 3.56. The van der Waals surface area contributed by atoms with Crippen LogP contribution in [0.25, 0.3) is 11.5 Å². The Balaban J connectivity index is 2.24. The van der Waals surface area contributed by atoms with Gasteiger partial charge in [0.1, 0.15) is 5.69 Å². The molecule has 2 rings (SSSR count). The summed E-state index contributed by atoms with van der Waals surface area (Å²) in [6, 6.07) is 3.44. The second kappa shape index (κ2) is 4.51. The summed E-state index contributed by atoms with van der Waals surface area (Å²) in [7, 11) is 0. The normalized spacial score (nSPS) is 10.8. The standard InChI is InChI=1S/C10H11ClN2O2/c1-2-12-5-7-10(14-6-13-7)8-3-4-9(11)15-8/h3-4,6,12H,2,5H2,1H3. The van der Waals surface area contributed by atoms with Gasteiger partial charge >= 0.3 is 0 Å². The SMILES string of the molecule is CCNCc1ncoc1-c1ccc(Cl)o1. The fraction of sp³-hybridized carbons (Fsp3) is 0.300. The molecule has 0 aliphatic carbocycles. The van der Waals surface area contributed by atoms with Crippen LogP contribution in [0.1, 0.15) is 12.6 Å². The highest BCUT2D eigenvalue weighted by atomic mass is 35.5. The van der Waals surface area contributed by atoms with Crippen molar-refractivity contribution in [1.82, 2.24) is 10.3 Å². The molecule has 0 atom stereocenters. The van der Waals surface area contributed by atoms with Crippen molar-refractivity contribution in [3.8, 4) is 11.5 Å². The number of hydrogen-bond donors (Lipinski definition) is 1. The van der Waals surface area contributed by atoms with E-state index in [0.29, 0.717) is 23.3 Å². The van der Waals surface area contributed by atoms with Crippen molar-refractivity contribution < 1.29 is 8.83 Å². The topological polar surface area (TPSA) is 51.2 Å². The molecule has 0 aliphatic rings. The average molecular weight is 227 g/mol. The highest BCUT2D eigenvalue weighted by molar-refractivity contribution is 6.28. The molecule has 5 heteroatoms. The first-order chi connectivity index (χ1) is 7.31. The first kappa shape index (κ1) is 10.3. The van der Waals surface area contributed by atoms with Crippen molar-refractivity contribution >= 4 is 11.6 Å². The molecule has 0 aromatic carbocycles. The highest BCUT2D eigenvalue weighted by Gasteiger charge is 2.13. The lowest BCUT2D eigenvalue weighted by molar-refractivity contribution is 0.519.